The van der Waals surface area contributed by atoms with E-state index in [4.69, 9.17) is 15.1 Å². The van der Waals surface area contributed by atoms with Gasteiger partial charge in [-0.15, -0.1) is 0 Å². The molecule has 9 nitrogen and oxygen atoms in total. The van der Waals surface area contributed by atoms with Crippen molar-refractivity contribution in [3.05, 3.63) is 27.9 Å². The van der Waals surface area contributed by atoms with Crippen molar-refractivity contribution < 1.29 is 19.6 Å². The summed E-state index contributed by atoms with van der Waals surface area (Å²) >= 11 is 0. The van der Waals surface area contributed by atoms with Gasteiger partial charge in [-0.2, -0.15) is 5.26 Å². The maximum atomic E-state index is 10.9. The van der Waals surface area contributed by atoms with Crippen LogP contribution in [-0.2, 0) is 9.53 Å². The van der Waals surface area contributed by atoms with Crippen molar-refractivity contribution in [2.45, 2.75) is 6.10 Å². The van der Waals surface area contributed by atoms with E-state index in [-0.39, 0.29) is 30.2 Å². The third-order valence-corrected chi connectivity index (χ3v) is 2.82. The average molecular weight is 278 g/mol. The maximum Gasteiger partial charge on any atom is 0.334 e. The highest BCUT2D eigenvalue weighted by Crippen LogP contribution is 2.23. The van der Waals surface area contributed by atoms with Gasteiger partial charge in [0.05, 0.1) is 18.1 Å². The van der Waals surface area contributed by atoms with E-state index in [9.17, 15) is 14.9 Å². The summed E-state index contributed by atoms with van der Waals surface area (Å²) in [7, 11) is 0. The predicted octanol–water partition coefficient (Wildman–Crippen LogP) is 0.151. The van der Waals surface area contributed by atoms with Crippen LogP contribution in [0.1, 0.15) is 5.56 Å². The minimum atomic E-state index is -1.10. The zero-order chi connectivity index (χ0) is 14.7. The Bertz CT molecular complexity index is 597. The second-order valence-electron chi connectivity index (χ2n) is 4.08. The third kappa shape index (κ3) is 2.65. The second kappa shape index (κ2) is 5.50. The van der Waals surface area contributed by atoms with Crippen molar-refractivity contribution >= 4 is 17.5 Å². The first-order valence-corrected chi connectivity index (χ1v) is 5.67. The van der Waals surface area contributed by atoms with Crippen LogP contribution in [0, 0.1) is 21.4 Å². The van der Waals surface area contributed by atoms with Crippen LogP contribution in [0.3, 0.4) is 0 Å². The molecule has 1 aromatic heterocycles. The average Bonchev–Trinajstić information content (AvgIpc) is 2.46. The van der Waals surface area contributed by atoms with Crippen molar-refractivity contribution in [1.29, 1.82) is 5.26 Å². The number of carbonyl (C=O) groups is 1. The molecule has 1 aliphatic rings. The number of pyridine rings is 1. The summed E-state index contributed by atoms with van der Waals surface area (Å²) in [4.78, 5) is 26.4. The minimum absolute atomic E-state index is 0.0326. The van der Waals surface area contributed by atoms with Gasteiger partial charge in [0.2, 0.25) is 0 Å². The molecule has 1 aromatic rings. The lowest BCUT2D eigenvalue weighted by molar-refractivity contribution is -0.385. The maximum absolute atomic E-state index is 10.9. The van der Waals surface area contributed by atoms with Crippen LogP contribution < -0.4 is 4.90 Å². The summed E-state index contributed by atoms with van der Waals surface area (Å²) in [5.41, 5.74) is -0.251. The number of nitrogens with zero attached hydrogens (tertiary/aromatic N) is 4. The highest BCUT2D eigenvalue weighted by atomic mass is 16.6. The van der Waals surface area contributed by atoms with Gasteiger partial charge in [0.15, 0.2) is 6.10 Å². The van der Waals surface area contributed by atoms with Gasteiger partial charge in [0, 0.05) is 12.6 Å². The number of carboxylic acid groups (broad SMARTS) is 1. The molecule has 1 unspecified atom stereocenters. The summed E-state index contributed by atoms with van der Waals surface area (Å²) in [6.07, 6.45) is 0.0359. The van der Waals surface area contributed by atoms with Gasteiger partial charge in [-0.25, -0.2) is 9.78 Å². The lowest BCUT2D eigenvalue weighted by Gasteiger charge is -2.31. The number of nitriles is 1. The number of aromatic nitrogens is 1. The third-order valence-electron chi connectivity index (χ3n) is 2.82. The van der Waals surface area contributed by atoms with Gasteiger partial charge < -0.3 is 14.7 Å². The van der Waals surface area contributed by atoms with Crippen molar-refractivity contribution in [1.82, 2.24) is 4.98 Å². The van der Waals surface area contributed by atoms with Gasteiger partial charge in [-0.3, -0.25) is 10.1 Å². The molecule has 104 valence electrons. The van der Waals surface area contributed by atoms with Crippen LogP contribution in [0.2, 0.25) is 0 Å². The Hall–Kier alpha value is -2.73. The molecule has 2 rings (SSSR count). The van der Waals surface area contributed by atoms with Crippen LogP contribution in [0.15, 0.2) is 12.3 Å². The number of carboxylic acids is 1. The number of hydrogen-bond acceptors (Lipinski definition) is 7. The number of anilines is 1. The Balaban J connectivity index is 2.30. The van der Waals surface area contributed by atoms with E-state index in [0.717, 1.165) is 12.3 Å². The van der Waals surface area contributed by atoms with E-state index >= 15 is 0 Å². The molecular formula is C11H10N4O5. The predicted molar refractivity (Wildman–Crippen MR) is 65.2 cm³/mol. The van der Waals surface area contributed by atoms with E-state index in [1.165, 1.54) is 0 Å². The molecule has 20 heavy (non-hydrogen) atoms. The standard InChI is InChI=1S/C11H10N4O5/c12-4-7-3-8(15(18)19)5-13-10(7)14-1-2-20-9(6-14)11(16)17/h3,5,9H,1-2,6H2,(H,16,17). The van der Waals surface area contributed by atoms with Gasteiger partial charge in [-0.1, -0.05) is 0 Å². The van der Waals surface area contributed by atoms with Crippen LogP contribution in [-0.4, -0.2) is 46.8 Å². The van der Waals surface area contributed by atoms with Crippen LogP contribution in [0.4, 0.5) is 11.5 Å². The fourth-order valence-corrected chi connectivity index (χ4v) is 1.87. The molecule has 0 aliphatic carbocycles. The minimum Gasteiger partial charge on any atom is -0.479 e. The Labute approximate surface area is 113 Å². The van der Waals surface area contributed by atoms with E-state index in [0.29, 0.717) is 6.54 Å². The molecule has 9 heteroatoms. The van der Waals surface area contributed by atoms with Gasteiger partial charge in [0.1, 0.15) is 23.6 Å². The molecule has 0 spiro atoms. The van der Waals surface area contributed by atoms with E-state index in [1.807, 2.05) is 6.07 Å². The molecule has 0 bridgehead atoms. The smallest absolute Gasteiger partial charge is 0.334 e. The topological polar surface area (TPSA) is 130 Å². The van der Waals surface area contributed by atoms with E-state index in [2.05, 4.69) is 4.98 Å². The van der Waals surface area contributed by atoms with Crippen LogP contribution in [0.25, 0.3) is 0 Å². The molecule has 0 radical (unpaired) electrons. The fourth-order valence-electron chi connectivity index (χ4n) is 1.87. The first-order chi connectivity index (χ1) is 9.52. The second-order valence-corrected chi connectivity index (χ2v) is 4.08. The molecule has 1 atom stereocenters. The van der Waals surface area contributed by atoms with Gasteiger partial charge in [-0.05, 0) is 0 Å². The van der Waals surface area contributed by atoms with Crippen LogP contribution in [0.5, 0.6) is 0 Å². The molecule has 1 N–H and O–H groups in total. The van der Waals surface area contributed by atoms with E-state index < -0.39 is 17.0 Å². The summed E-state index contributed by atoms with van der Waals surface area (Å²) < 4.78 is 5.07. The fraction of sp³-hybridized carbons (Fsp3) is 0.364. The summed E-state index contributed by atoms with van der Waals surface area (Å²) in [5.74, 6) is -0.872. The number of hydrogen-bond donors (Lipinski definition) is 1. The Morgan fingerprint density at radius 1 is 1.70 bits per heavy atom. The normalized spacial score (nSPS) is 18.4. The number of aliphatic carboxylic acids is 1. The zero-order valence-electron chi connectivity index (χ0n) is 10.2. The number of rotatable bonds is 3. The molecular weight excluding hydrogens is 268 g/mol. The van der Waals surface area contributed by atoms with Crippen LogP contribution >= 0.6 is 0 Å². The molecule has 0 amide bonds. The molecule has 2 heterocycles. The van der Waals surface area contributed by atoms with Gasteiger partial charge in [0.25, 0.3) is 5.69 Å². The lowest BCUT2D eigenvalue weighted by Crippen LogP contribution is -2.46. The molecule has 0 aromatic carbocycles. The highest BCUT2D eigenvalue weighted by molar-refractivity contribution is 5.74. The Kier molecular flexibility index (Phi) is 3.76. The molecule has 1 fully saturated rings. The monoisotopic (exact) mass is 278 g/mol. The molecule has 1 saturated heterocycles. The summed E-state index contributed by atoms with van der Waals surface area (Å²) in [6.45, 7) is 0.582. The highest BCUT2D eigenvalue weighted by Gasteiger charge is 2.28. The number of nitro groups is 1. The van der Waals surface area contributed by atoms with Crippen molar-refractivity contribution in [3.8, 4) is 6.07 Å². The van der Waals surface area contributed by atoms with Crippen molar-refractivity contribution in [2.24, 2.45) is 0 Å². The largest absolute Gasteiger partial charge is 0.479 e. The number of ether oxygens (including phenoxy) is 1. The number of morpholine rings is 1. The lowest BCUT2D eigenvalue weighted by atomic mass is 10.2. The Morgan fingerprint density at radius 3 is 3.05 bits per heavy atom. The first-order valence-electron chi connectivity index (χ1n) is 5.67. The summed E-state index contributed by atoms with van der Waals surface area (Å²) in [5, 5.41) is 28.6. The van der Waals surface area contributed by atoms with Crippen molar-refractivity contribution in [2.75, 3.05) is 24.6 Å². The summed E-state index contributed by atoms with van der Waals surface area (Å²) in [6, 6.07) is 2.95. The van der Waals surface area contributed by atoms with Crippen molar-refractivity contribution in [3.63, 3.8) is 0 Å². The molecule has 1 aliphatic heterocycles. The molecule has 0 saturated carbocycles. The zero-order valence-corrected chi connectivity index (χ0v) is 10.2. The van der Waals surface area contributed by atoms with E-state index in [1.54, 1.807) is 4.90 Å². The Morgan fingerprint density at radius 2 is 2.45 bits per heavy atom. The quantitative estimate of drug-likeness (QED) is 0.610. The SMILES string of the molecule is N#Cc1cc([N+](=O)[O-])cnc1N1CCOC(C(=O)O)C1. The van der Waals surface area contributed by atoms with Gasteiger partial charge >= 0.3 is 5.97 Å². The first kappa shape index (κ1) is 13.7.